The molecular formula is C23H23ClN2O2S2. The molecule has 7 heteroatoms. The van der Waals surface area contributed by atoms with Crippen molar-refractivity contribution in [3.8, 4) is 0 Å². The summed E-state index contributed by atoms with van der Waals surface area (Å²) in [6, 6.07) is 13.2. The summed E-state index contributed by atoms with van der Waals surface area (Å²) in [5.41, 5.74) is 2.20. The van der Waals surface area contributed by atoms with E-state index >= 15 is 0 Å². The van der Waals surface area contributed by atoms with Crippen LogP contribution >= 0.6 is 34.3 Å². The van der Waals surface area contributed by atoms with Crippen molar-refractivity contribution in [2.24, 2.45) is 0 Å². The molecule has 0 saturated heterocycles. The van der Waals surface area contributed by atoms with Gasteiger partial charge >= 0.3 is 0 Å². The lowest BCUT2D eigenvalue weighted by Crippen LogP contribution is -2.48. The second-order valence-corrected chi connectivity index (χ2v) is 9.98. The lowest BCUT2D eigenvalue weighted by Gasteiger charge is -2.38. The van der Waals surface area contributed by atoms with E-state index in [1.165, 1.54) is 21.8 Å². The molecule has 1 aliphatic heterocycles. The van der Waals surface area contributed by atoms with E-state index in [0.29, 0.717) is 16.4 Å². The molecule has 3 heterocycles. The van der Waals surface area contributed by atoms with Crippen molar-refractivity contribution in [3.63, 3.8) is 0 Å². The summed E-state index contributed by atoms with van der Waals surface area (Å²) in [5, 5.41) is 4.64. The van der Waals surface area contributed by atoms with Crippen molar-refractivity contribution in [1.29, 1.82) is 0 Å². The van der Waals surface area contributed by atoms with Gasteiger partial charge in [-0.05, 0) is 66.4 Å². The van der Waals surface area contributed by atoms with E-state index in [2.05, 4.69) is 11.4 Å². The highest BCUT2D eigenvalue weighted by atomic mass is 35.5. The third-order valence-electron chi connectivity index (χ3n) is 5.39. The molecule has 1 aliphatic rings. The van der Waals surface area contributed by atoms with Gasteiger partial charge in [-0.3, -0.25) is 9.59 Å². The van der Waals surface area contributed by atoms with Crippen molar-refractivity contribution in [1.82, 2.24) is 9.80 Å². The zero-order valence-corrected chi connectivity index (χ0v) is 19.3. The summed E-state index contributed by atoms with van der Waals surface area (Å²) < 4.78 is 0. The molecule has 2 amide bonds. The molecule has 0 bridgehead atoms. The van der Waals surface area contributed by atoms with E-state index in [4.69, 9.17) is 11.6 Å². The number of amides is 2. The second-order valence-electron chi connectivity index (χ2n) is 7.59. The van der Waals surface area contributed by atoms with Crippen molar-refractivity contribution < 1.29 is 9.59 Å². The maximum atomic E-state index is 13.5. The summed E-state index contributed by atoms with van der Waals surface area (Å²) in [7, 11) is 0. The monoisotopic (exact) mass is 458 g/mol. The number of halogens is 1. The van der Waals surface area contributed by atoms with Crippen molar-refractivity contribution in [2.75, 3.05) is 13.1 Å². The van der Waals surface area contributed by atoms with Gasteiger partial charge in [-0.15, -0.1) is 22.7 Å². The number of rotatable bonds is 5. The fourth-order valence-electron chi connectivity index (χ4n) is 3.86. The minimum absolute atomic E-state index is 0.0367. The van der Waals surface area contributed by atoms with Crippen LogP contribution in [0.3, 0.4) is 0 Å². The normalized spacial score (nSPS) is 15.9. The van der Waals surface area contributed by atoms with Gasteiger partial charge in [-0.2, -0.15) is 0 Å². The van der Waals surface area contributed by atoms with Gasteiger partial charge < -0.3 is 9.80 Å². The highest BCUT2D eigenvalue weighted by molar-refractivity contribution is 7.12. The van der Waals surface area contributed by atoms with E-state index in [1.54, 1.807) is 16.2 Å². The minimum Gasteiger partial charge on any atom is -0.330 e. The Morgan fingerprint density at radius 3 is 2.57 bits per heavy atom. The fourth-order valence-corrected chi connectivity index (χ4v) is 5.57. The molecule has 4 nitrogen and oxygen atoms in total. The smallest absolute Gasteiger partial charge is 0.264 e. The molecule has 3 aromatic rings. The van der Waals surface area contributed by atoms with Gasteiger partial charge in [0.1, 0.15) is 6.54 Å². The number of hydrogen-bond donors (Lipinski definition) is 0. The summed E-state index contributed by atoms with van der Waals surface area (Å²) in [6.07, 6.45) is 0.837. The average molecular weight is 459 g/mol. The van der Waals surface area contributed by atoms with Crippen molar-refractivity contribution in [3.05, 3.63) is 79.1 Å². The maximum Gasteiger partial charge on any atom is 0.264 e. The summed E-state index contributed by atoms with van der Waals surface area (Å²) in [6.45, 7) is 4.60. The molecule has 0 spiro atoms. The number of benzene rings is 1. The zero-order valence-electron chi connectivity index (χ0n) is 16.9. The average Bonchev–Trinajstić information content (AvgIpc) is 3.43. The Kier molecular flexibility index (Phi) is 6.27. The summed E-state index contributed by atoms with van der Waals surface area (Å²) in [5.74, 6) is -0.130. The van der Waals surface area contributed by atoms with E-state index in [1.807, 2.05) is 60.5 Å². The van der Waals surface area contributed by atoms with Crippen LogP contribution < -0.4 is 0 Å². The number of nitrogens with zero attached hydrogens (tertiary/aromatic N) is 2. The van der Waals surface area contributed by atoms with E-state index < -0.39 is 0 Å². The maximum absolute atomic E-state index is 13.5. The Hall–Kier alpha value is -2.15. The molecule has 0 N–H and O–H groups in total. The number of hydrogen-bond acceptors (Lipinski definition) is 4. The molecule has 0 radical (unpaired) electrons. The third kappa shape index (κ3) is 4.17. The number of carbonyl (C=O) groups is 2. The van der Waals surface area contributed by atoms with Crippen LogP contribution in [0.15, 0.2) is 53.2 Å². The van der Waals surface area contributed by atoms with Crippen LogP contribution in [0.25, 0.3) is 0 Å². The van der Waals surface area contributed by atoms with Gasteiger partial charge in [-0.1, -0.05) is 29.8 Å². The molecule has 0 aliphatic carbocycles. The molecule has 2 aromatic heterocycles. The largest absolute Gasteiger partial charge is 0.330 e. The predicted octanol–water partition coefficient (Wildman–Crippen LogP) is 5.49. The zero-order chi connectivity index (χ0) is 21.3. The van der Waals surface area contributed by atoms with Crippen LogP contribution in [0.4, 0.5) is 0 Å². The van der Waals surface area contributed by atoms with Crippen molar-refractivity contribution >= 4 is 46.1 Å². The SMILES string of the molecule is CC(C)N(CC(=O)N1CCc2sccc2C1c1ccc(Cl)cc1)C(=O)c1cccs1. The first-order valence-corrected chi connectivity index (χ1v) is 12.0. The Morgan fingerprint density at radius 1 is 1.13 bits per heavy atom. The molecule has 0 fully saturated rings. The molecule has 4 rings (SSSR count). The molecule has 1 atom stereocenters. The topological polar surface area (TPSA) is 40.6 Å². The first-order valence-electron chi connectivity index (χ1n) is 9.91. The molecule has 0 saturated carbocycles. The van der Waals surface area contributed by atoms with E-state index in [-0.39, 0.29) is 30.4 Å². The molecule has 1 unspecified atom stereocenters. The van der Waals surface area contributed by atoms with Gasteiger partial charge in [0.15, 0.2) is 0 Å². The second kappa shape index (κ2) is 8.92. The van der Waals surface area contributed by atoms with Gasteiger partial charge in [0.05, 0.1) is 10.9 Å². The van der Waals surface area contributed by atoms with E-state index in [9.17, 15) is 9.59 Å². The number of thiophene rings is 2. The van der Waals surface area contributed by atoms with Crippen LogP contribution in [0.2, 0.25) is 5.02 Å². The van der Waals surface area contributed by atoms with Crippen LogP contribution in [-0.4, -0.2) is 40.7 Å². The number of fused-ring (bicyclic) bond motifs is 1. The number of carbonyl (C=O) groups excluding carboxylic acids is 2. The van der Waals surface area contributed by atoms with Crippen LogP contribution in [0.5, 0.6) is 0 Å². The molecule has 30 heavy (non-hydrogen) atoms. The lowest BCUT2D eigenvalue weighted by atomic mass is 9.93. The lowest BCUT2D eigenvalue weighted by molar-refractivity contribution is -0.134. The van der Waals surface area contributed by atoms with Gasteiger partial charge in [0, 0.05) is 22.5 Å². The van der Waals surface area contributed by atoms with Gasteiger partial charge in [-0.25, -0.2) is 0 Å². The van der Waals surface area contributed by atoms with Crippen LogP contribution in [-0.2, 0) is 11.2 Å². The third-order valence-corrected chi connectivity index (χ3v) is 7.50. The summed E-state index contributed by atoms with van der Waals surface area (Å²) in [4.78, 5) is 32.0. The van der Waals surface area contributed by atoms with Gasteiger partial charge in [0.2, 0.25) is 5.91 Å². The Balaban J connectivity index is 1.63. The summed E-state index contributed by atoms with van der Waals surface area (Å²) >= 11 is 9.23. The first kappa shape index (κ1) is 21.1. The van der Waals surface area contributed by atoms with Crippen LogP contribution in [0, 0.1) is 0 Å². The molecule has 156 valence electrons. The highest BCUT2D eigenvalue weighted by Crippen LogP contribution is 2.38. The Morgan fingerprint density at radius 2 is 1.90 bits per heavy atom. The standard InChI is InChI=1S/C23H23ClN2O2S2/c1-15(2)26(23(28)20-4-3-12-29-20)14-21(27)25-11-9-19-18(10-13-30-19)22(25)16-5-7-17(24)8-6-16/h3-8,10,12-13,15,22H,9,11,14H2,1-2H3. The molecular weight excluding hydrogens is 436 g/mol. The van der Waals surface area contributed by atoms with Crippen molar-refractivity contribution in [2.45, 2.75) is 32.4 Å². The quantitative estimate of drug-likeness (QED) is 0.507. The Bertz CT molecular complexity index is 1030. The highest BCUT2D eigenvalue weighted by Gasteiger charge is 2.34. The molecule has 1 aromatic carbocycles. The Labute approximate surface area is 189 Å². The first-order chi connectivity index (χ1) is 14.5. The predicted molar refractivity (Wildman–Crippen MR) is 124 cm³/mol. The van der Waals surface area contributed by atoms with Crippen LogP contribution in [0.1, 0.15) is 45.6 Å². The van der Waals surface area contributed by atoms with Gasteiger partial charge in [0.25, 0.3) is 5.91 Å². The van der Waals surface area contributed by atoms with E-state index in [0.717, 1.165) is 12.0 Å². The minimum atomic E-state index is -0.157. The fraction of sp³-hybridized carbons (Fsp3) is 0.304.